The fraction of sp³-hybridized carbons (Fsp3) is 0.632. The highest BCUT2D eigenvalue weighted by Crippen LogP contribution is 2.12. The van der Waals surface area contributed by atoms with Crippen LogP contribution in [0.4, 0.5) is 0 Å². The lowest BCUT2D eigenvalue weighted by molar-refractivity contribution is 0.0888. The maximum absolute atomic E-state index is 12.2. The number of nitrogens with zero attached hydrogens (tertiary/aromatic N) is 1. The van der Waals surface area contributed by atoms with Crippen LogP contribution in [0.1, 0.15) is 18.4 Å². The second kappa shape index (κ2) is 14.1. The van der Waals surface area contributed by atoms with Gasteiger partial charge in [-0.1, -0.05) is 17.7 Å². The van der Waals surface area contributed by atoms with Gasteiger partial charge in [-0.3, -0.25) is 4.99 Å². The Morgan fingerprint density at radius 3 is 2.59 bits per heavy atom. The normalized spacial score (nSPS) is 17.0. The number of hydrogen-bond acceptors (Lipinski definition) is 5. The van der Waals surface area contributed by atoms with E-state index in [0.29, 0.717) is 25.0 Å². The van der Waals surface area contributed by atoms with Crippen molar-refractivity contribution in [3.63, 3.8) is 0 Å². The molecule has 10 heteroatoms. The average molecular weight is 540 g/mol. The maximum Gasteiger partial charge on any atom is 0.240 e. The highest BCUT2D eigenvalue weighted by atomic mass is 127. The molecule has 1 atom stereocenters. The molecule has 8 nitrogen and oxygen atoms in total. The fourth-order valence-corrected chi connectivity index (χ4v) is 3.77. The summed E-state index contributed by atoms with van der Waals surface area (Å²) in [6.07, 6.45) is 1.96. The first-order chi connectivity index (χ1) is 13.5. The van der Waals surface area contributed by atoms with E-state index < -0.39 is 10.0 Å². The lowest BCUT2D eigenvalue weighted by Gasteiger charge is -2.13. The van der Waals surface area contributed by atoms with Crippen LogP contribution in [0, 0.1) is 12.8 Å². The third-order valence-electron chi connectivity index (χ3n) is 4.40. The number of sulfonamides is 1. The van der Waals surface area contributed by atoms with Crippen LogP contribution >= 0.6 is 24.0 Å². The fourth-order valence-electron chi connectivity index (χ4n) is 2.73. The van der Waals surface area contributed by atoms with Crippen molar-refractivity contribution in [3.8, 4) is 0 Å². The molecule has 166 valence electrons. The molecule has 0 aromatic heterocycles. The minimum atomic E-state index is -3.49. The third kappa shape index (κ3) is 10.1. The summed E-state index contributed by atoms with van der Waals surface area (Å²) >= 11 is 0. The van der Waals surface area contributed by atoms with E-state index in [2.05, 4.69) is 20.3 Å². The Morgan fingerprint density at radius 1 is 1.21 bits per heavy atom. The summed E-state index contributed by atoms with van der Waals surface area (Å²) in [5.41, 5.74) is 1.02. The number of halogens is 1. The van der Waals surface area contributed by atoms with Crippen LogP contribution in [-0.4, -0.2) is 67.5 Å². The summed E-state index contributed by atoms with van der Waals surface area (Å²) < 4.78 is 38.0. The number of aryl methyl sites for hydroxylation is 1. The van der Waals surface area contributed by atoms with Gasteiger partial charge in [0, 0.05) is 45.8 Å². The molecule has 3 N–H and O–H groups in total. The Balaban J connectivity index is 0.00000420. The summed E-state index contributed by atoms with van der Waals surface area (Å²) in [5.74, 6) is 1.17. The molecule has 1 aliphatic rings. The van der Waals surface area contributed by atoms with E-state index >= 15 is 0 Å². The Morgan fingerprint density at radius 2 is 1.93 bits per heavy atom. The molecular weight excluding hydrogens is 507 g/mol. The predicted octanol–water partition coefficient (Wildman–Crippen LogP) is 1.50. The molecule has 1 aromatic rings. The minimum absolute atomic E-state index is 0. The van der Waals surface area contributed by atoms with Gasteiger partial charge in [0.1, 0.15) is 0 Å². The van der Waals surface area contributed by atoms with Gasteiger partial charge in [-0.15, -0.1) is 24.0 Å². The van der Waals surface area contributed by atoms with Crippen molar-refractivity contribution in [2.45, 2.75) is 24.7 Å². The number of rotatable bonds is 11. The number of hydrogen-bond donors (Lipinski definition) is 3. The quantitative estimate of drug-likeness (QED) is 0.170. The van der Waals surface area contributed by atoms with Crippen LogP contribution in [0.5, 0.6) is 0 Å². The molecular formula is C19H33IN4O4S. The van der Waals surface area contributed by atoms with Gasteiger partial charge in [-0.25, -0.2) is 13.1 Å². The predicted molar refractivity (Wildman–Crippen MR) is 126 cm³/mol. The number of benzene rings is 1. The van der Waals surface area contributed by atoms with Crippen molar-refractivity contribution < 1.29 is 17.9 Å². The SMILES string of the molecule is CN=C(NCCCOCC1CCOC1)NCCNS(=O)(=O)c1ccc(C)cc1.I. The average Bonchev–Trinajstić information content (AvgIpc) is 3.20. The van der Waals surface area contributed by atoms with Gasteiger partial charge in [-0.2, -0.15) is 0 Å². The molecule has 29 heavy (non-hydrogen) atoms. The first-order valence-corrected chi connectivity index (χ1v) is 11.2. The molecule has 1 aliphatic heterocycles. The molecule has 1 fully saturated rings. The lowest BCUT2D eigenvalue weighted by atomic mass is 10.1. The van der Waals surface area contributed by atoms with Crippen molar-refractivity contribution in [2.24, 2.45) is 10.9 Å². The lowest BCUT2D eigenvalue weighted by Crippen LogP contribution is -2.42. The van der Waals surface area contributed by atoms with Crippen LogP contribution in [0.25, 0.3) is 0 Å². The van der Waals surface area contributed by atoms with E-state index in [1.165, 1.54) is 0 Å². The van der Waals surface area contributed by atoms with E-state index in [-0.39, 0.29) is 35.4 Å². The third-order valence-corrected chi connectivity index (χ3v) is 5.88. The van der Waals surface area contributed by atoms with Crippen LogP contribution in [0.15, 0.2) is 34.2 Å². The van der Waals surface area contributed by atoms with Crippen molar-refractivity contribution in [1.82, 2.24) is 15.4 Å². The molecule has 1 saturated heterocycles. The maximum atomic E-state index is 12.2. The molecule has 0 spiro atoms. The highest BCUT2D eigenvalue weighted by molar-refractivity contribution is 14.0. The Hall–Kier alpha value is -0.950. The van der Waals surface area contributed by atoms with Crippen molar-refractivity contribution in [2.75, 3.05) is 53.1 Å². The summed E-state index contributed by atoms with van der Waals surface area (Å²) in [7, 11) is -1.81. The number of ether oxygens (including phenoxy) is 2. The van der Waals surface area contributed by atoms with Crippen LogP contribution < -0.4 is 15.4 Å². The zero-order valence-corrected chi connectivity index (χ0v) is 20.3. The van der Waals surface area contributed by atoms with E-state index in [0.717, 1.165) is 44.8 Å². The van der Waals surface area contributed by atoms with E-state index in [4.69, 9.17) is 9.47 Å². The largest absolute Gasteiger partial charge is 0.381 e. The Bertz CT molecular complexity index is 707. The second-order valence-electron chi connectivity index (χ2n) is 6.79. The molecule has 2 rings (SSSR count). The topological polar surface area (TPSA) is 101 Å². The van der Waals surface area contributed by atoms with Crippen LogP contribution in [0.3, 0.4) is 0 Å². The molecule has 1 aromatic carbocycles. The van der Waals surface area contributed by atoms with Gasteiger partial charge in [-0.05, 0) is 31.9 Å². The zero-order valence-electron chi connectivity index (χ0n) is 17.1. The summed E-state index contributed by atoms with van der Waals surface area (Å²) in [5, 5.41) is 6.28. The van der Waals surface area contributed by atoms with Gasteiger partial charge >= 0.3 is 0 Å². The first kappa shape index (κ1) is 26.1. The van der Waals surface area contributed by atoms with Crippen LogP contribution in [0.2, 0.25) is 0 Å². The number of guanidine groups is 1. The van der Waals surface area contributed by atoms with Crippen LogP contribution in [-0.2, 0) is 19.5 Å². The first-order valence-electron chi connectivity index (χ1n) is 9.67. The standard InChI is InChI=1S/C19H32N4O4S.HI/c1-16-4-6-18(7-5-16)28(24,25)23-11-10-22-19(20-2)21-9-3-12-26-14-17-8-13-27-15-17;/h4-7,17,23H,3,8-15H2,1-2H3,(H2,20,21,22);1H. The number of aliphatic imine (C=N–C) groups is 1. The molecule has 0 aliphatic carbocycles. The molecule has 0 radical (unpaired) electrons. The number of nitrogens with one attached hydrogen (secondary N) is 3. The van der Waals surface area contributed by atoms with E-state index in [9.17, 15) is 8.42 Å². The van der Waals surface area contributed by atoms with Gasteiger partial charge in [0.05, 0.1) is 18.1 Å². The molecule has 0 bridgehead atoms. The van der Waals surface area contributed by atoms with Gasteiger partial charge in [0.25, 0.3) is 0 Å². The molecule has 1 heterocycles. The van der Waals surface area contributed by atoms with Crippen molar-refractivity contribution in [3.05, 3.63) is 29.8 Å². The zero-order chi connectivity index (χ0) is 20.2. The molecule has 1 unspecified atom stereocenters. The van der Waals surface area contributed by atoms with Crippen molar-refractivity contribution >= 4 is 40.0 Å². The summed E-state index contributed by atoms with van der Waals surface area (Å²) in [4.78, 5) is 4.40. The molecule has 0 saturated carbocycles. The summed E-state index contributed by atoms with van der Waals surface area (Å²) in [6, 6.07) is 6.77. The Labute approximate surface area is 191 Å². The highest BCUT2D eigenvalue weighted by Gasteiger charge is 2.15. The Kier molecular flexibility index (Phi) is 12.7. The van der Waals surface area contributed by atoms with Gasteiger partial charge < -0.3 is 20.1 Å². The van der Waals surface area contributed by atoms with E-state index in [1.807, 2.05) is 6.92 Å². The smallest absolute Gasteiger partial charge is 0.240 e. The van der Waals surface area contributed by atoms with Crippen molar-refractivity contribution in [1.29, 1.82) is 0 Å². The van der Waals surface area contributed by atoms with E-state index in [1.54, 1.807) is 31.3 Å². The van der Waals surface area contributed by atoms with Gasteiger partial charge in [0.2, 0.25) is 10.0 Å². The van der Waals surface area contributed by atoms with Gasteiger partial charge in [0.15, 0.2) is 5.96 Å². The second-order valence-corrected chi connectivity index (χ2v) is 8.56. The summed E-state index contributed by atoms with van der Waals surface area (Å²) in [6.45, 7) is 6.46. The molecule has 0 amide bonds. The minimum Gasteiger partial charge on any atom is -0.381 e. The monoisotopic (exact) mass is 540 g/mol.